The molecule has 0 unspecified atom stereocenters. The smallest absolute Gasteiger partial charge is 0.314 e. The summed E-state index contributed by atoms with van der Waals surface area (Å²) in [7, 11) is 0. The Labute approximate surface area is 162 Å². The molecular weight excluding hydrogens is 356 g/mol. The van der Waals surface area contributed by atoms with Crippen LogP contribution in [0, 0.1) is 0 Å². The van der Waals surface area contributed by atoms with Crippen molar-refractivity contribution in [2.45, 2.75) is 6.92 Å². The van der Waals surface area contributed by atoms with Gasteiger partial charge in [-0.05, 0) is 43.3 Å². The molecule has 6 nitrogen and oxygen atoms in total. The molecule has 28 heavy (non-hydrogen) atoms. The molecule has 0 atom stereocenters. The van der Waals surface area contributed by atoms with E-state index >= 15 is 0 Å². The molecule has 140 valence electrons. The van der Waals surface area contributed by atoms with Gasteiger partial charge in [0.1, 0.15) is 5.75 Å². The lowest BCUT2D eigenvalue weighted by Gasteiger charge is -2.12. The van der Waals surface area contributed by atoms with Gasteiger partial charge in [-0.1, -0.05) is 42.5 Å². The number of hydrogen-bond acceptors (Lipinski definition) is 4. The highest BCUT2D eigenvalue weighted by molar-refractivity contribution is 6.43. The summed E-state index contributed by atoms with van der Waals surface area (Å²) in [5.74, 6) is -0.816. The van der Waals surface area contributed by atoms with Gasteiger partial charge in [-0.2, -0.15) is 0 Å². The van der Waals surface area contributed by atoms with Gasteiger partial charge in [0.05, 0.1) is 5.69 Å². The average Bonchev–Trinajstić information content (AvgIpc) is 2.70. The summed E-state index contributed by atoms with van der Waals surface area (Å²) < 4.78 is 5.77. The van der Waals surface area contributed by atoms with Crippen LogP contribution in [0.5, 0.6) is 11.5 Å². The topological polar surface area (TPSA) is 84.5 Å². The van der Waals surface area contributed by atoms with Crippen LogP contribution in [0.4, 0.5) is 11.4 Å². The Balaban J connectivity index is 1.70. The molecule has 0 saturated heterocycles. The number of anilines is 2. The number of nitrogens with one attached hydrogen (secondary N) is 2. The summed E-state index contributed by atoms with van der Waals surface area (Å²) >= 11 is 0. The number of Topliss-reactive ketones (excluding diaryl/α,β-unsaturated/α-hetero) is 1. The fourth-order valence-corrected chi connectivity index (χ4v) is 2.46. The summed E-state index contributed by atoms with van der Waals surface area (Å²) in [6.07, 6.45) is 0. The second kappa shape index (κ2) is 8.64. The zero-order valence-corrected chi connectivity index (χ0v) is 15.1. The van der Waals surface area contributed by atoms with Gasteiger partial charge >= 0.3 is 11.8 Å². The van der Waals surface area contributed by atoms with Gasteiger partial charge in [-0.15, -0.1) is 0 Å². The number of carbonyl (C=O) groups is 3. The van der Waals surface area contributed by atoms with E-state index in [0.717, 1.165) is 0 Å². The van der Waals surface area contributed by atoms with E-state index in [1.807, 2.05) is 18.2 Å². The Morgan fingerprint density at radius 1 is 0.750 bits per heavy atom. The maximum Gasteiger partial charge on any atom is 0.314 e. The van der Waals surface area contributed by atoms with E-state index in [1.165, 1.54) is 13.0 Å². The molecule has 3 aromatic carbocycles. The van der Waals surface area contributed by atoms with Gasteiger partial charge in [0.2, 0.25) is 0 Å². The molecule has 3 aromatic rings. The van der Waals surface area contributed by atoms with E-state index in [1.54, 1.807) is 54.6 Å². The Morgan fingerprint density at radius 2 is 1.43 bits per heavy atom. The number of ketones is 1. The molecule has 0 aliphatic rings. The van der Waals surface area contributed by atoms with Crippen molar-refractivity contribution >= 4 is 29.0 Å². The minimum absolute atomic E-state index is 0.132. The minimum Gasteiger partial charge on any atom is -0.455 e. The highest BCUT2D eigenvalue weighted by atomic mass is 16.5. The number of rotatable bonds is 5. The van der Waals surface area contributed by atoms with Crippen LogP contribution in [0.25, 0.3) is 0 Å². The van der Waals surface area contributed by atoms with Crippen LogP contribution in [0.2, 0.25) is 0 Å². The molecule has 2 N–H and O–H groups in total. The summed E-state index contributed by atoms with van der Waals surface area (Å²) in [6.45, 7) is 1.43. The van der Waals surface area contributed by atoms with Gasteiger partial charge in [-0.25, -0.2) is 0 Å². The van der Waals surface area contributed by atoms with Crippen molar-refractivity contribution in [3.05, 3.63) is 84.4 Å². The van der Waals surface area contributed by atoms with Gasteiger partial charge in [0.15, 0.2) is 11.5 Å². The first kappa shape index (κ1) is 18.8. The monoisotopic (exact) mass is 374 g/mol. The van der Waals surface area contributed by atoms with Crippen LogP contribution in [0.15, 0.2) is 78.9 Å². The Kier molecular flexibility index (Phi) is 5.81. The fraction of sp³-hybridized carbons (Fsp3) is 0.0455. The molecule has 0 aromatic heterocycles. The van der Waals surface area contributed by atoms with Crippen LogP contribution in [0.1, 0.15) is 17.3 Å². The van der Waals surface area contributed by atoms with Crippen LogP contribution >= 0.6 is 0 Å². The number of hydrogen-bond donors (Lipinski definition) is 2. The van der Waals surface area contributed by atoms with E-state index in [0.29, 0.717) is 28.4 Å². The normalized spacial score (nSPS) is 10.0. The molecule has 2 amide bonds. The van der Waals surface area contributed by atoms with Crippen molar-refractivity contribution in [1.29, 1.82) is 0 Å². The average molecular weight is 374 g/mol. The first-order chi connectivity index (χ1) is 13.5. The molecule has 3 rings (SSSR count). The zero-order valence-electron chi connectivity index (χ0n) is 15.1. The lowest BCUT2D eigenvalue weighted by molar-refractivity contribution is -0.133. The highest BCUT2D eigenvalue weighted by Crippen LogP contribution is 2.29. The SMILES string of the molecule is CC(=O)c1cccc(NC(=O)C(=O)Nc2ccccc2Oc2ccccc2)c1. The van der Waals surface area contributed by atoms with E-state index < -0.39 is 11.8 Å². The largest absolute Gasteiger partial charge is 0.455 e. The van der Waals surface area contributed by atoms with Gasteiger partial charge in [-0.3, -0.25) is 14.4 Å². The standard InChI is InChI=1S/C22H18N2O4/c1-15(25)16-8-7-9-17(14-16)23-21(26)22(27)24-19-12-5-6-13-20(19)28-18-10-3-2-4-11-18/h2-14H,1H3,(H,23,26)(H,24,27). The third-order valence-corrected chi connectivity index (χ3v) is 3.84. The summed E-state index contributed by atoms with van der Waals surface area (Å²) in [5, 5.41) is 5.03. The highest BCUT2D eigenvalue weighted by Gasteiger charge is 2.16. The quantitative estimate of drug-likeness (QED) is 0.516. The summed E-state index contributed by atoms with van der Waals surface area (Å²) in [4.78, 5) is 36.0. The van der Waals surface area contributed by atoms with Gasteiger partial charge in [0.25, 0.3) is 0 Å². The van der Waals surface area contributed by atoms with Gasteiger partial charge in [0, 0.05) is 11.3 Å². The van der Waals surface area contributed by atoms with E-state index in [-0.39, 0.29) is 5.78 Å². The lowest BCUT2D eigenvalue weighted by atomic mass is 10.1. The van der Waals surface area contributed by atoms with Crippen molar-refractivity contribution in [3.8, 4) is 11.5 Å². The van der Waals surface area contributed by atoms with Crippen molar-refractivity contribution in [2.75, 3.05) is 10.6 Å². The van der Waals surface area contributed by atoms with Crippen LogP contribution in [-0.2, 0) is 9.59 Å². The lowest BCUT2D eigenvalue weighted by Crippen LogP contribution is -2.29. The Morgan fingerprint density at radius 3 is 2.18 bits per heavy atom. The Bertz CT molecular complexity index is 1020. The molecule has 0 aliphatic heterocycles. The molecule has 0 aliphatic carbocycles. The Hall–Kier alpha value is -3.93. The predicted octanol–water partition coefficient (Wildman–Crippen LogP) is 4.26. The van der Waals surface area contributed by atoms with E-state index in [4.69, 9.17) is 4.74 Å². The predicted molar refractivity (Wildman–Crippen MR) is 107 cm³/mol. The zero-order chi connectivity index (χ0) is 19.9. The summed E-state index contributed by atoms with van der Waals surface area (Å²) in [6, 6.07) is 22.3. The third kappa shape index (κ3) is 4.82. The maximum absolute atomic E-state index is 12.3. The number of carbonyl (C=O) groups excluding carboxylic acids is 3. The second-order valence-corrected chi connectivity index (χ2v) is 5.96. The molecule has 0 heterocycles. The number of ether oxygens (including phenoxy) is 1. The van der Waals surface area contributed by atoms with Crippen molar-refractivity contribution in [2.24, 2.45) is 0 Å². The number of amides is 2. The molecule has 0 spiro atoms. The van der Waals surface area contributed by atoms with Gasteiger partial charge < -0.3 is 15.4 Å². The molecular formula is C22H18N2O4. The fourth-order valence-electron chi connectivity index (χ4n) is 2.46. The molecule has 0 radical (unpaired) electrons. The molecule has 0 bridgehead atoms. The second-order valence-electron chi connectivity index (χ2n) is 5.96. The van der Waals surface area contributed by atoms with Crippen molar-refractivity contribution in [3.63, 3.8) is 0 Å². The number of para-hydroxylation sites is 3. The van der Waals surface area contributed by atoms with E-state index in [9.17, 15) is 14.4 Å². The maximum atomic E-state index is 12.3. The van der Waals surface area contributed by atoms with Crippen molar-refractivity contribution in [1.82, 2.24) is 0 Å². The van der Waals surface area contributed by atoms with Crippen LogP contribution in [0.3, 0.4) is 0 Å². The van der Waals surface area contributed by atoms with E-state index in [2.05, 4.69) is 10.6 Å². The van der Waals surface area contributed by atoms with Crippen LogP contribution < -0.4 is 15.4 Å². The minimum atomic E-state index is -0.852. The molecule has 0 saturated carbocycles. The first-order valence-electron chi connectivity index (χ1n) is 8.58. The molecule has 6 heteroatoms. The summed E-state index contributed by atoms with van der Waals surface area (Å²) in [5.41, 5.74) is 1.17. The first-order valence-corrected chi connectivity index (χ1v) is 8.58. The third-order valence-electron chi connectivity index (χ3n) is 3.84. The molecule has 0 fully saturated rings. The van der Waals surface area contributed by atoms with Crippen LogP contribution in [-0.4, -0.2) is 17.6 Å². The number of benzene rings is 3. The van der Waals surface area contributed by atoms with Crippen molar-refractivity contribution < 1.29 is 19.1 Å².